The summed E-state index contributed by atoms with van der Waals surface area (Å²) in [6, 6.07) is 12.3. The highest BCUT2D eigenvalue weighted by atomic mass is 16.2. The van der Waals surface area contributed by atoms with Gasteiger partial charge in [-0.15, -0.1) is 0 Å². The lowest BCUT2D eigenvalue weighted by molar-refractivity contribution is 0.101. The number of amides is 2. The number of carbonyl (C=O) groups is 2. The largest absolute Gasteiger partial charge is 0.320 e. The van der Waals surface area contributed by atoms with E-state index in [1.165, 1.54) is 0 Å². The molecule has 4 aromatic rings. The van der Waals surface area contributed by atoms with Crippen LogP contribution in [0.5, 0.6) is 0 Å². The molecule has 1 aromatic carbocycles. The van der Waals surface area contributed by atoms with Crippen LogP contribution in [0.3, 0.4) is 0 Å². The van der Waals surface area contributed by atoms with Crippen molar-refractivity contribution < 1.29 is 9.59 Å². The Hall–Kier alpha value is -4.83. The molecule has 0 atom stereocenters. The lowest BCUT2D eigenvalue weighted by atomic mass is 10.0. The van der Waals surface area contributed by atoms with Crippen LogP contribution < -0.4 is 10.6 Å². The fraction of sp³-hybridized carbons (Fsp3) is 0.138. The Kier molecular flexibility index (Phi) is 7.17. The van der Waals surface area contributed by atoms with E-state index in [-0.39, 0.29) is 11.4 Å². The molecule has 2 N–H and O–H groups in total. The summed E-state index contributed by atoms with van der Waals surface area (Å²) in [7, 11) is 0. The van der Waals surface area contributed by atoms with E-state index >= 15 is 0 Å². The first kappa shape index (κ1) is 24.3. The molecule has 0 bridgehead atoms. The number of pyridine rings is 3. The van der Waals surface area contributed by atoms with Crippen LogP contribution in [0.25, 0.3) is 0 Å². The average molecular weight is 476 g/mol. The quantitative estimate of drug-likeness (QED) is 0.405. The second-order valence-electron chi connectivity index (χ2n) is 8.44. The molecule has 4 rings (SSSR count). The second-order valence-corrected chi connectivity index (χ2v) is 8.44. The van der Waals surface area contributed by atoms with Crippen LogP contribution in [0.1, 0.15) is 54.4 Å². The summed E-state index contributed by atoms with van der Waals surface area (Å²) in [5, 5.41) is 5.80. The first-order valence-electron chi connectivity index (χ1n) is 11.4. The lowest BCUT2D eigenvalue weighted by Crippen LogP contribution is -2.20. The van der Waals surface area contributed by atoms with Crippen molar-refractivity contribution in [2.24, 2.45) is 0 Å². The van der Waals surface area contributed by atoms with Crippen molar-refractivity contribution in [3.05, 3.63) is 112 Å². The zero-order valence-corrected chi connectivity index (χ0v) is 20.5. The Morgan fingerprint density at radius 3 is 1.72 bits per heavy atom. The highest BCUT2D eigenvalue weighted by Crippen LogP contribution is 2.23. The maximum atomic E-state index is 13.0. The van der Waals surface area contributed by atoms with E-state index in [4.69, 9.17) is 0 Å². The molecule has 3 heterocycles. The first-order valence-corrected chi connectivity index (χ1v) is 11.4. The van der Waals surface area contributed by atoms with Crippen LogP contribution in [0.4, 0.5) is 11.4 Å². The van der Waals surface area contributed by atoms with E-state index in [0.717, 1.165) is 33.4 Å². The van der Waals surface area contributed by atoms with E-state index in [1.807, 2.05) is 52.0 Å². The molecular formula is C29H25N5O2. The van der Waals surface area contributed by atoms with Crippen LogP contribution in [0.2, 0.25) is 0 Å². The van der Waals surface area contributed by atoms with Crippen molar-refractivity contribution in [3.63, 3.8) is 0 Å². The number of benzene rings is 1. The predicted octanol–water partition coefficient (Wildman–Crippen LogP) is 5.01. The van der Waals surface area contributed by atoms with Gasteiger partial charge in [-0.1, -0.05) is 17.9 Å². The minimum Gasteiger partial charge on any atom is -0.320 e. The lowest BCUT2D eigenvalue weighted by Gasteiger charge is -2.13. The Morgan fingerprint density at radius 2 is 1.17 bits per heavy atom. The number of aryl methyl sites for hydroxylation is 4. The number of nitrogens with one attached hydrogen (secondary N) is 2. The van der Waals surface area contributed by atoms with Crippen LogP contribution in [0.15, 0.2) is 67.3 Å². The molecule has 0 saturated heterocycles. The number of nitrogens with zero attached hydrogens (tertiary/aromatic N) is 3. The van der Waals surface area contributed by atoms with E-state index in [0.29, 0.717) is 11.4 Å². The van der Waals surface area contributed by atoms with Gasteiger partial charge >= 0.3 is 0 Å². The minimum absolute atomic E-state index is 0.145. The Morgan fingerprint density at radius 1 is 0.667 bits per heavy atom. The SMILES string of the molecule is Cc1cncc(C)c1NC(=O)c1cccc(C(=O)Nc2c(C)cc(C#Cc3ccncc3)cc2C)n1. The summed E-state index contributed by atoms with van der Waals surface area (Å²) in [4.78, 5) is 38.2. The van der Waals surface area contributed by atoms with Crippen molar-refractivity contribution in [3.8, 4) is 11.8 Å². The van der Waals surface area contributed by atoms with Gasteiger partial charge in [-0.2, -0.15) is 0 Å². The number of carbonyl (C=O) groups excluding carboxylic acids is 2. The Balaban J connectivity index is 1.51. The van der Waals surface area contributed by atoms with E-state index in [2.05, 4.69) is 37.4 Å². The average Bonchev–Trinajstić information content (AvgIpc) is 2.87. The summed E-state index contributed by atoms with van der Waals surface area (Å²) in [6.07, 6.45) is 6.77. The maximum Gasteiger partial charge on any atom is 0.274 e. The molecular weight excluding hydrogens is 450 g/mol. The fourth-order valence-electron chi connectivity index (χ4n) is 3.75. The van der Waals surface area contributed by atoms with Gasteiger partial charge in [-0.05, 0) is 86.3 Å². The van der Waals surface area contributed by atoms with Crippen molar-refractivity contribution in [2.75, 3.05) is 10.6 Å². The fourth-order valence-corrected chi connectivity index (χ4v) is 3.75. The molecule has 36 heavy (non-hydrogen) atoms. The molecule has 0 aliphatic carbocycles. The van der Waals surface area contributed by atoms with Gasteiger partial charge in [0.1, 0.15) is 11.4 Å². The molecule has 7 heteroatoms. The number of aromatic nitrogens is 3. The molecule has 0 aliphatic rings. The van der Waals surface area contributed by atoms with Crippen molar-refractivity contribution in [1.82, 2.24) is 15.0 Å². The van der Waals surface area contributed by atoms with Crippen molar-refractivity contribution in [2.45, 2.75) is 27.7 Å². The summed E-state index contributed by atoms with van der Waals surface area (Å²) in [5.41, 5.74) is 6.83. The van der Waals surface area contributed by atoms with Gasteiger partial charge in [-0.25, -0.2) is 4.98 Å². The molecule has 178 valence electrons. The summed E-state index contributed by atoms with van der Waals surface area (Å²) < 4.78 is 0. The molecule has 0 saturated carbocycles. The smallest absolute Gasteiger partial charge is 0.274 e. The molecule has 0 radical (unpaired) electrons. The van der Waals surface area contributed by atoms with Gasteiger partial charge in [0.25, 0.3) is 11.8 Å². The van der Waals surface area contributed by atoms with E-state index in [9.17, 15) is 9.59 Å². The van der Waals surface area contributed by atoms with Gasteiger partial charge in [0.2, 0.25) is 0 Å². The minimum atomic E-state index is -0.400. The van der Waals surface area contributed by atoms with Gasteiger partial charge in [-0.3, -0.25) is 19.6 Å². The molecule has 0 spiro atoms. The van der Waals surface area contributed by atoms with Gasteiger partial charge in [0, 0.05) is 47.3 Å². The zero-order valence-electron chi connectivity index (χ0n) is 20.5. The number of anilines is 2. The summed E-state index contributed by atoms with van der Waals surface area (Å²) >= 11 is 0. The Labute approximate surface area is 210 Å². The van der Waals surface area contributed by atoms with Gasteiger partial charge < -0.3 is 10.6 Å². The van der Waals surface area contributed by atoms with Crippen LogP contribution in [-0.4, -0.2) is 26.8 Å². The third-order valence-corrected chi connectivity index (χ3v) is 5.58. The second kappa shape index (κ2) is 10.6. The topological polar surface area (TPSA) is 96.9 Å². The summed E-state index contributed by atoms with van der Waals surface area (Å²) in [6.45, 7) is 7.56. The molecule has 2 amide bonds. The van der Waals surface area contributed by atoms with Crippen molar-refractivity contribution >= 4 is 23.2 Å². The van der Waals surface area contributed by atoms with Crippen molar-refractivity contribution in [1.29, 1.82) is 0 Å². The monoisotopic (exact) mass is 475 g/mol. The molecule has 7 nitrogen and oxygen atoms in total. The highest BCUT2D eigenvalue weighted by molar-refractivity contribution is 6.07. The summed E-state index contributed by atoms with van der Waals surface area (Å²) in [5.74, 6) is 5.47. The molecule has 0 unspecified atom stereocenters. The van der Waals surface area contributed by atoms with Gasteiger partial charge in [0.15, 0.2) is 0 Å². The normalized spacial score (nSPS) is 10.2. The third-order valence-electron chi connectivity index (χ3n) is 5.58. The van der Waals surface area contributed by atoms with E-state index < -0.39 is 11.8 Å². The van der Waals surface area contributed by atoms with Crippen LogP contribution in [-0.2, 0) is 0 Å². The number of hydrogen-bond donors (Lipinski definition) is 2. The van der Waals surface area contributed by atoms with Gasteiger partial charge in [0.05, 0.1) is 0 Å². The zero-order chi connectivity index (χ0) is 25.7. The third kappa shape index (κ3) is 5.62. The van der Waals surface area contributed by atoms with Crippen LogP contribution >= 0.6 is 0 Å². The predicted molar refractivity (Wildman–Crippen MR) is 140 cm³/mol. The van der Waals surface area contributed by atoms with E-state index in [1.54, 1.807) is 43.0 Å². The maximum absolute atomic E-state index is 13.0. The van der Waals surface area contributed by atoms with Crippen LogP contribution in [0, 0.1) is 39.5 Å². The number of rotatable bonds is 4. The molecule has 0 aliphatic heterocycles. The molecule has 3 aromatic heterocycles. The number of hydrogen-bond acceptors (Lipinski definition) is 5. The molecule has 0 fully saturated rings. The standard InChI is InChI=1S/C29H25N5O2/c1-18-14-23(9-8-22-10-12-30-13-11-22)15-19(2)26(18)33-28(35)24-6-5-7-25(32-24)29(36)34-27-20(3)16-31-17-21(27)4/h5-7,10-17H,1-4H3,(H,33,35)(H,31,34,36). The first-order chi connectivity index (χ1) is 17.3. The Bertz CT molecular complexity index is 1470. The highest BCUT2D eigenvalue weighted by Gasteiger charge is 2.16.